The minimum atomic E-state index is -5.14. The molecule has 2 rings (SSSR count). The standard InChI is InChI=1S/C9H8F3NO3S/c10-9(11,12)8(15)16-7(14)5-2-4-17-6-1-3-13(5)6/h2,6H,1,3-4H2. The second kappa shape index (κ2) is 4.25. The predicted molar refractivity (Wildman–Crippen MR) is 52.8 cm³/mol. The largest absolute Gasteiger partial charge is 0.491 e. The molecule has 1 atom stereocenters. The van der Waals surface area contributed by atoms with Crippen molar-refractivity contribution in [2.75, 3.05) is 12.3 Å². The summed E-state index contributed by atoms with van der Waals surface area (Å²) >= 11 is 1.59. The normalized spacial score (nSPS) is 23.4. The molecule has 2 aliphatic rings. The molecule has 4 nitrogen and oxygen atoms in total. The molecule has 8 heteroatoms. The SMILES string of the molecule is O=C(OC(=O)C(F)(F)F)C1=CCSC2CCN12. The Kier molecular flexibility index (Phi) is 3.07. The van der Waals surface area contributed by atoms with Gasteiger partial charge in [-0.05, 0) is 12.5 Å². The number of hydrogen-bond donors (Lipinski definition) is 0. The first-order chi connectivity index (χ1) is 7.89. The van der Waals surface area contributed by atoms with Gasteiger partial charge in [0.2, 0.25) is 0 Å². The fraction of sp³-hybridized carbons (Fsp3) is 0.556. The molecule has 0 radical (unpaired) electrons. The Morgan fingerprint density at radius 1 is 1.47 bits per heavy atom. The van der Waals surface area contributed by atoms with Gasteiger partial charge in [-0.25, -0.2) is 9.59 Å². The van der Waals surface area contributed by atoms with E-state index in [1.165, 1.54) is 6.08 Å². The lowest BCUT2D eigenvalue weighted by Crippen LogP contribution is -2.49. The van der Waals surface area contributed by atoms with Crippen molar-refractivity contribution in [3.05, 3.63) is 11.8 Å². The molecule has 2 heterocycles. The van der Waals surface area contributed by atoms with Crippen molar-refractivity contribution in [1.29, 1.82) is 0 Å². The Bertz CT molecular complexity index is 393. The number of thioether (sulfide) groups is 1. The molecule has 2 aliphatic heterocycles. The zero-order valence-corrected chi connectivity index (χ0v) is 9.31. The zero-order valence-electron chi connectivity index (χ0n) is 8.49. The van der Waals surface area contributed by atoms with E-state index < -0.39 is 18.1 Å². The summed E-state index contributed by atoms with van der Waals surface area (Å²) in [5.74, 6) is -3.16. The number of carbonyl (C=O) groups excluding carboxylic acids is 2. The van der Waals surface area contributed by atoms with Crippen LogP contribution < -0.4 is 0 Å². The Labute approximate surface area is 98.8 Å². The first-order valence-corrected chi connectivity index (χ1v) is 5.86. The summed E-state index contributed by atoms with van der Waals surface area (Å²) in [4.78, 5) is 23.5. The molecule has 1 fully saturated rings. The van der Waals surface area contributed by atoms with E-state index in [0.717, 1.165) is 6.42 Å². The molecule has 0 aromatic carbocycles. The highest BCUT2D eigenvalue weighted by molar-refractivity contribution is 8.00. The zero-order chi connectivity index (χ0) is 12.6. The Morgan fingerprint density at radius 3 is 2.71 bits per heavy atom. The molecule has 0 aromatic heterocycles. The number of carbonyl (C=O) groups is 2. The summed E-state index contributed by atoms with van der Waals surface area (Å²) in [6.45, 7) is 0.596. The average Bonchev–Trinajstić information content (AvgIpc) is 2.17. The van der Waals surface area contributed by atoms with E-state index in [4.69, 9.17) is 0 Å². The number of halogens is 3. The van der Waals surface area contributed by atoms with Gasteiger partial charge in [0.1, 0.15) is 5.70 Å². The highest BCUT2D eigenvalue weighted by atomic mass is 32.2. The van der Waals surface area contributed by atoms with Gasteiger partial charge in [0.25, 0.3) is 0 Å². The summed E-state index contributed by atoms with van der Waals surface area (Å²) in [5.41, 5.74) is 0.0533. The van der Waals surface area contributed by atoms with E-state index in [2.05, 4.69) is 4.74 Å². The van der Waals surface area contributed by atoms with Crippen molar-refractivity contribution in [1.82, 2.24) is 4.90 Å². The van der Waals surface area contributed by atoms with Gasteiger partial charge >= 0.3 is 18.1 Å². The third-order valence-corrected chi connectivity index (χ3v) is 3.70. The van der Waals surface area contributed by atoms with Crippen LogP contribution in [0.5, 0.6) is 0 Å². The number of fused-ring (bicyclic) bond motifs is 1. The van der Waals surface area contributed by atoms with Gasteiger partial charge in [0, 0.05) is 12.3 Å². The smallest absolute Gasteiger partial charge is 0.382 e. The predicted octanol–water partition coefficient (Wildman–Crippen LogP) is 1.28. The number of esters is 2. The number of rotatable bonds is 1. The Hall–Kier alpha value is -1.18. The molecule has 0 aromatic rings. The summed E-state index contributed by atoms with van der Waals surface area (Å²) < 4.78 is 39.5. The van der Waals surface area contributed by atoms with E-state index in [1.54, 1.807) is 16.7 Å². The van der Waals surface area contributed by atoms with Gasteiger partial charge in [-0.15, -0.1) is 11.8 Å². The average molecular weight is 267 g/mol. The highest BCUT2D eigenvalue weighted by Gasteiger charge is 2.44. The molecule has 1 saturated heterocycles. The lowest BCUT2D eigenvalue weighted by molar-refractivity contribution is -0.201. The van der Waals surface area contributed by atoms with Crippen LogP contribution in [0.4, 0.5) is 13.2 Å². The van der Waals surface area contributed by atoms with Crippen LogP contribution in [0.15, 0.2) is 11.8 Å². The van der Waals surface area contributed by atoms with Crippen LogP contribution in [-0.4, -0.2) is 40.7 Å². The Morgan fingerprint density at radius 2 is 2.18 bits per heavy atom. The maximum Gasteiger partial charge on any atom is 0.491 e. The molecule has 0 amide bonds. The highest BCUT2D eigenvalue weighted by Crippen LogP contribution is 2.36. The van der Waals surface area contributed by atoms with Gasteiger partial charge in [0.15, 0.2) is 0 Å². The van der Waals surface area contributed by atoms with Gasteiger partial charge in [0.05, 0.1) is 5.37 Å². The minimum Gasteiger partial charge on any atom is -0.382 e. The number of ether oxygens (including phenoxy) is 1. The lowest BCUT2D eigenvalue weighted by atomic mass is 10.2. The van der Waals surface area contributed by atoms with Gasteiger partial charge in [-0.3, -0.25) is 0 Å². The molecule has 0 N–H and O–H groups in total. The van der Waals surface area contributed by atoms with Crippen LogP contribution in [0.25, 0.3) is 0 Å². The van der Waals surface area contributed by atoms with Crippen molar-refractivity contribution in [3.8, 4) is 0 Å². The number of nitrogens with zero attached hydrogens (tertiary/aromatic N) is 1. The summed E-state index contributed by atoms with van der Waals surface area (Å²) in [7, 11) is 0. The van der Waals surface area contributed by atoms with E-state index in [0.29, 0.717) is 12.3 Å². The second-order valence-electron chi connectivity index (χ2n) is 3.53. The molecule has 0 spiro atoms. The fourth-order valence-electron chi connectivity index (χ4n) is 1.56. The monoisotopic (exact) mass is 267 g/mol. The first-order valence-electron chi connectivity index (χ1n) is 4.81. The molecule has 17 heavy (non-hydrogen) atoms. The number of alkyl halides is 3. The van der Waals surface area contributed by atoms with Crippen LogP contribution >= 0.6 is 11.8 Å². The van der Waals surface area contributed by atoms with E-state index in [9.17, 15) is 22.8 Å². The van der Waals surface area contributed by atoms with Crippen molar-refractivity contribution in [2.45, 2.75) is 18.0 Å². The van der Waals surface area contributed by atoms with Gasteiger partial charge in [-0.2, -0.15) is 13.2 Å². The molecule has 0 aliphatic carbocycles. The number of hydrogen-bond acceptors (Lipinski definition) is 5. The molecule has 0 saturated carbocycles. The minimum absolute atomic E-state index is 0.0533. The topological polar surface area (TPSA) is 46.6 Å². The van der Waals surface area contributed by atoms with Crippen molar-refractivity contribution < 1.29 is 27.5 Å². The van der Waals surface area contributed by atoms with E-state index >= 15 is 0 Å². The third-order valence-electron chi connectivity index (χ3n) is 2.47. The summed E-state index contributed by atoms with van der Waals surface area (Å²) in [5, 5.41) is 0.114. The van der Waals surface area contributed by atoms with E-state index in [-0.39, 0.29) is 11.1 Å². The van der Waals surface area contributed by atoms with Crippen molar-refractivity contribution >= 4 is 23.7 Å². The fourth-order valence-corrected chi connectivity index (χ4v) is 2.71. The maximum absolute atomic E-state index is 11.9. The van der Waals surface area contributed by atoms with Crippen LogP contribution in [0, 0.1) is 0 Å². The molecular formula is C9H8F3NO3S. The van der Waals surface area contributed by atoms with Crippen molar-refractivity contribution in [2.24, 2.45) is 0 Å². The molecule has 1 unspecified atom stereocenters. The van der Waals surface area contributed by atoms with Crippen LogP contribution in [0.3, 0.4) is 0 Å². The van der Waals surface area contributed by atoms with Crippen LogP contribution in [0.1, 0.15) is 6.42 Å². The Balaban J connectivity index is 2.01. The third kappa shape index (κ3) is 2.41. The maximum atomic E-state index is 11.9. The van der Waals surface area contributed by atoms with Crippen LogP contribution in [-0.2, 0) is 14.3 Å². The quantitative estimate of drug-likeness (QED) is 0.529. The summed E-state index contributed by atoms with van der Waals surface area (Å²) in [6.07, 6.45) is -2.79. The first kappa shape index (κ1) is 12.3. The van der Waals surface area contributed by atoms with E-state index in [1.807, 2.05) is 0 Å². The second-order valence-corrected chi connectivity index (χ2v) is 4.74. The lowest BCUT2D eigenvalue weighted by Gasteiger charge is -2.44. The summed E-state index contributed by atoms with van der Waals surface area (Å²) in [6, 6.07) is 0. The van der Waals surface area contributed by atoms with Gasteiger partial charge < -0.3 is 9.64 Å². The molecular weight excluding hydrogens is 259 g/mol. The van der Waals surface area contributed by atoms with Crippen LogP contribution in [0.2, 0.25) is 0 Å². The molecule has 94 valence electrons. The van der Waals surface area contributed by atoms with Gasteiger partial charge in [-0.1, -0.05) is 0 Å². The molecule has 0 bridgehead atoms. The van der Waals surface area contributed by atoms with Crippen molar-refractivity contribution in [3.63, 3.8) is 0 Å².